The fourth-order valence-electron chi connectivity index (χ4n) is 1.31. The normalized spacial score (nSPS) is 10.6. The Morgan fingerprint density at radius 1 is 1.31 bits per heavy atom. The molecule has 3 nitrogen and oxygen atoms in total. The summed E-state index contributed by atoms with van der Waals surface area (Å²) in [4.78, 5) is 1.10. The molecule has 0 saturated heterocycles. The number of nitrogens with two attached hydrogens (primary N) is 1. The van der Waals surface area contributed by atoms with Crippen molar-refractivity contribution in [3.05, 3.63) is 41.6 Å². The number of halogens is 1. The maximum absolute atomic E-state index is 6.05. The van der Waals surface area contributed by atoms with E-state index in [2.05, 4.69) is 5.10 Å². The molecule has 0 saturated carbocycles. The number of anilines is 1. The van der Waals surface area contributed by atoms with Crippen LogP contribution in [0.1, 0.15) is 0 Å². The molecule has 84 valence electrons. The predicted molar refractivity (Wildman–Crippen MR) is 68.8 cm³/mol. The van der Waals surface area contributed by atoms with Crippen molar-refractivity contribution in [2.24, 2.45) is 0 Å². The largest absolute Gasteiger partial charge is 0.382 e. The Labute approximate surface area is 104 Å². The summed E-state index contributed by atoms with van der Waals surface area (Å²) in [6, 6.07) is 9.63. The lowest BCUT2D eigenvalue weighted by molar-refractivity contribution is 0.669. The van der Waals surface area contributed by atoms with E-state index >= 15 is 0 Å². The van der Waals surface area contributed by atoms with Crippen molar-refractivity contribution in [1.29, 1.82) is 0 Å². The first-order valence-electron chi connectivity index (χ1n) is 4.92. The van der Waals surface area contributed by atoms with Crippen LogP contribution < -0.4 is 5.73 Å². The quantitative estimate of drug-likeness (QED) is 0.852. The van der Waals surface area contributed by atoms with E-state index in [-0.39, 0.29) is 0 Å². The molecule has 1 aromatic heterocycles. The van der Waals surface area contributed by atoms with Crippen LogP contribution in [0.4, 0.5) is 5.82 Å². The van der Waals surface area contributed by atoms with Gasteiger partial charge in [-0.25, -0.2) is 0 Å². The minimum atomic E-state index is 0.558. The minimum absolute atomic E-state index is 0.558. The fourth-order valence-corrected chi connectivity index (χ4v) is 2.49. The van der Waals surface area contributed by atoms with Gasteiger partial charge < -0.3 is 5.73 Å². The van der Waals surface area contributed by atoms with Gasteiger partial charge in [-0.3, -0.25) is 4.68 Å². The topological polar surface area (TPSA) is 43.8 Å². The van der Waals surface area contributed by atoms with E-state index < -0.39 is 0 Å². The first kappa shape index (κ1) is 11.4. The van der Waals surface area contributed by atoms with Crippen LogP contribution in [0.25, 0.3) is 0 Å². The highest BCUT2D eigenvalue weighted by Gasteiger charge is 2.00. The van der Waals surface area contributed by atoms with E-state index in [0.29, 0.717) is 5.82 Å². The number of benzene rings is 1. The Bertz CT molecular complexity index is 470. The zero-order valence-corrected chi connectivity index (χ0v) is 10.2. The number of hydrogen-bond acceptors (Lipinski definition) is 3. The van der Waals surface area contributed by atoms with Crippen LogP contribution >= 0.6 is 23.4 Å². The Morgan fingerprint density at radius 2 is 2.12 bits per heavy atom. The number of aromatic nitrogens is 2. The Kier molecular flexibility index (Phi) is 3.74. The number of rotatable bonds is 4. The van der Waals surface area contributed by atoms with Gasteiger partial charge in [0.2, 0.25) is 0 Å². The average molecular weight is 254 g/mol. The zero-order chi connectivity index (χ0) is 11.4. The molecule has 0 atom stereocenters. The van der Waals surface area contributed by atoms with Crippen molar-refractivity contribution in [3.63, 3.8) is 0 Å². The van der Waals surface area contributed by atoms with Gasteiger partial charge in [0, 0.05) is 16.8 Å². The maximum atomic E-state index is 6.05. The molecule has 1 aromatic carbocycles. The highest BCUT2D eigenvalue weighted by molar-refractivity contribution is 7.99. The van der Waals surface area contributed by atoms with Crippen molar-refractivity contribution >= 4 is 29.2 Å². The molecule has 0 aliphatic carbocycles. The molecule has 1 heterocycles. The predicted octanol–water partition coefficient (Wildman–Crippen LogP) is 2.91. The van der Waals surface area contributed by atoms with Crippen LogP contribution in [0.3, 0.4) is 0 Å². The summed E-state index contributed by atoms with van der Waals surface area (Å²) in [5, 5.41) is 4.91. The van der Waals surface area contributed by atoms with Crippen LogP contribution in [0.5, 0.6) is 0 Å². The second-order valence-electron chi connectivity index (χ2n) is 3.28. The van der Waals surface area contributed by atoms with Crippen LogP contribution in [0.2, 0.25) is 5.02 Å². The lowest BCUT2D eigenvalue weighted by Gasteiger charge is -2.03. The molecule has 16 heavy (non-hydrogen) atoms. The van der Waals surface area contributed by atoms with Crippen molar-refractivity contribution < 1.29 is 0 Å². The number of aryl methyl sites for hydroxylation is 1. The SMILES string of the molecule is Nc1ccn(CCSc2ccccc2Cl)n1. The van der Waals surface area contributed by atoms with Gasteiger partial charge in [0.05, 0.1) is 11.6 Å². The standard InChI is InChI=1S/C11H12ClN3S/c12-9-3-1-2-4-10(9)16-8-7-15-6-5-11(13)14-15/h1-6H,7-8H2,(H2,13,14). The van der Waals surface area contributed by atoms with Gasteiger partial charge in [-0.1, -0.05) is 23.7 Å². The van der Waals surface area contributed by atoms with E-state index in [4.69, 9.17) is 17.3 Å². The van der Waals surface area contributed by atoms with Gasteiger partial charge in [-0.2, -0.15) is 5.10 Å². The molecule has 0 unspecified atom stereocenters. The summed E-state index contributed by atoms with van der Waals surface area (Å²) in [6.07, 6.45) is 1.88. The second-order valence-corrected chi connectivity index (χ2v) is 4.83. The average Bonchev–Trinajstić information content (AvgIpc) is 2.67. The third-order valence-electron chi connectivity index (χ3n) is 2.08. The molecule has 0 radical (unpaired) electrons. The number of nitrogen functional groups attached to an aromatic ring is 1. The fraction of sp³-hybridized carbons (Fsp3) is 0.182. The molecule has 2 N–H and O–H groups in total. The van der Waals surface area contributed by atoms with Gasteiger partial charge in [-0.15, -0.1) is 11.8 Å². The number of nitrogens with zero attached hydrogens (tertiary/aromatic N) is 2. The van der Waals surface area contributed by atoms with Crippen LogP contribution in [0.15, 0.2) is 41.4 Å². The molecule has 0 bridgehead atoms. The van der Waals surface area contributed by atoms with E-state index in [1.807, 2.05) is 35.1 Å². The van der Waals surface area contributed by atoms with Gasteiger partial charge in [0.25, 0.3) is 0 Å². The van der Waals surface area contributed by atoms with E-state index in [0.717, 1.165) is 22.2 Å². The summed E-state index contributed by atoms with van der Waals surface area (Å²) in [6.45, 7) is 0.826. The van der Waals surface area contributed by atoms with Gasteiger partial charge in [0.1, 0.15) is 5.82 Å². The van der Waals surface area contributed by atoms with Crippen molar-refractivity contribution in [2.75, 3.05) is 11.5 Å². The molecule has 5 heteroatoms. The smallest absolute Gasteiger partial charge is 0.145 e. The molecular weight excluding hydrogens is 242 g/mol. The summed E-state index contributed by atoms with van der Waals surface area (Å²) in [5.41, 5.74) is 5.53. The highest BCUT2D eigenvalue weighted by Crippen LogP contribution is 2.26. The van der Waals surface area contributed by atoms with E-state index in [1.165, 1.54) is 0 Å². The third-order valence-corrected chi connectivity index (χ3v) is 3.57. The van der Waals surface area contributed by atoms with Gasteiger partial charge in [0.15, 0.2) is 0 Å². The molecular formula is C11H12ClN3S. The molecule has 2 aromatic rings. The van der Waals surface area contributed by atoms with Gasteiger partial charge >= 0.3 is 0 Å². The number of thioether (sulfide) groups is 1. The maximum Gasteiger partial charge on any atom is 0.145 e. The Hall–Kier alpha value is -1.13. The molecule has 2 rings (SSSR count). The minimum Gasteiger partial charge on any atom is -0.382 e. The lowest BCUT2D eigenvalue weighted by Crippen LogP contribution is -2.01. The molecule has 0 amide bonds. The monoisotopic (exact) mass is 253 g/mol. The summed E-state index contributed by atoms with van der Waals surface area (Å²) in [5.74, 6) is 1.48. The second kappa shape index (κ2) is 5.27. The summed E-state index contributed by atoms with van der Waals surface area (Å²) >= 11 is 7.76. The molecule has 0 fully saturated rings. The van der Waals surface area contributed by atoms with Crippen molar-refractivity contribution in [1.82, 2.24) is 9.78 Å². The van der Waals surface area contributed by atoms with Crippen LogP contribution in [-0.4, -0.2) is 15.5 Å². The highest BCUT2D eigenvalue weighted by atomic mass is 35.5. The van der Waals surface area contributed by atoms with Crippen LogP contribution in [-0.2, 0) is 6.54 Å². The molecule has 0 spiro atoms. The lowest BCUT2D eigenvalue weighted by atomic mass is 10.4. The molecule has 0 aliphatic heterocycles. The van der Waals surface area contributed by atoms with E-state index in [9.17, 15) is 0 Å². The first-order valence-corrected chi connectivity index (χ1v) is 6.28. The summed E-state index contributed by atoms with van der Waals surface area (Å²) in [7, 11) is 0. The van der Waals surface area contributed by atoms with Crippen molar-refractivity contribution in [2.45, 2.75) is 11.4 Å². The van der Waals surface area contributed by atoms with E-state index in [1.54, 1.807) is 17.8 Å². The summed E-state index contributed by atoms with van der Waals surface area (Å²) < 4.78 is 1.83. The van der Waals surface area contributed by atoms with Gasteiger partial charge in [-0.05, 0) is 18.2 Å². The number of hydrogen-bond donors (Lipinski definition) is 1. The Morgan fingerprint density at radius 3 is 2.81 bits per heavy atom. The first-order chi connectivity index (χ1) is 7.75. The molecule has 0 aliphatic rings. The zero-order valence-electron chi connectivity index (χ0n) is 8.64. The Balaban J connectivity index is 1.87. The van der Waals surface area contributed by atoms with Crippen molar-refractivity contribution in [3.8, 4) is 0 Å². The van der Waals surface area contributed by atoms with Crippen LogP contribution in [0, 0.1) is 0 Å². The third kappa shape index (κ3) is 2.93.